The number of benzene rings is 7. The summed E-state index contributed by atoms with van der Waals surface area (Å²) in [5.41, 5.74) is 13.9. The van der Waals surface area contributed by atoms with E-state index in [0.29, 0.717) is 5.92 Å². The predicted molar refractivity (Wildman–Crippen MR) is 209 cm³/mol. The van der Waals surface area contributed by atoms with Gasteiger partial charge in [-0.1, -0.05) is 172 Å². The average Bonchev–Trinajstić information content (AvgIpc) is 3.31. The molecule has 1 aliphatic rings. The fraction of sp³-hybridized carbons (Fsp3) is 0.292. The Morgan fingerprint density at radius 2 is 1.10 bits per heavy atom. The highest BCUT2D eigenvalue weighted by Crippen LogP contribution is 2.51. The summed E-state index contributed by atoms with van der Waals surface area (Å²) in [6.45, 7) is 21.1. The second-order valence-corrected chi connectivity index (χ2v) is 16.5. The Morgan fingerprint density at radius 1 is 0.542 bits per heavy atom. The van der Waals surface area contributed by atoms with Crippen LogP contribution in [0.2, 0.25) is 0 Å². The lowest BCUT2D eigenvalue weighted by atomic mass is 9.72. The normalized spacial score (nSPS) is 15.4. The first-order valence-corrected chi connectivity index (χ1v) is 17.9. The quantitative estimate of drug-likeness (QED) is 0.167. The highest BCUT2D eigenvalue weighted by Gasteiger charge is 2.38. The molecule has 0 radical (unpaired) electrons. The van der Waals surface area contributed by atoms with Gasteiger partial charge in [0.1, 0.15) is 0 Å². The Bertz CT molecular complexity index is 2340. The van der Waals surface area contributed by atoms with Crippen LogP contribution in [0.25, 0.3) is 54.6 Å². The molecule has 1 unspecified atom stereocenters. The summed E-state index contributed by atoms with van der Waals surface area (Å²) in [5.74, 6) is 0.528. The lowest BCUT2D eigenvalue weighted by Crippen LogP contribution is -2.24. The van der Waals surface area contributed by atoms with E-state index in [1.807, 2.05) is 0 Å². The first-order chi connectivity index (χ1) is 22.8. The van der Waals surface area contributed by atoms with E-state index in [0.717, 1.165) is 6.42 Å². The fourth-order valence-electron chi connectivity index (χ4n) is 8.55. The van der Waals surface area contributed by atoms with E-state index < -0.39 is 0 Å². The minimum absolute atomic E-state index is 0.0204. The summed E-state index contributed by atoms with van der Waals surface area (Å²) >= 11 is 0. The van der Waals surface area contributed by atoms with Crippen LogP contribution in [0.15, 0.2) is 109 Å². The van der Waals surface area contributed by atoms with Crippen molar-refractivity contribution in [2.45, 2.75) is 90.9 Å². The van der Waals surface area contributed by atoms with E-state index in [4.69, 9.17) is 0 Å². The molecule has 0 aliphatic heterocycles. The van der Waals surface area contributed by atoms with Gasteiger partial charge in [-0.15, -0.1) is 0 Å². The molecule has 7 aromatic rings. The van der Waals surface area contributed by atoms with Gasteiger partial charge in [0.05, 0.1) is 0 Å². The van der Waals surface area contributed by atoms with E-state index in [1.54, 1.807) is 0 Å². The Balaban J connectivity index is 1.19. The molecular weight excluding hydrogens is 577 g/mol. The van der Waals surface area contributed by atoms with Crippen molar-refractivity contribution in [1.29, 1.82) is 0 Å². The lowest BCUT2D eigenvalue weighted by Gasteiger charge is -2.32. The van der Waals surface area contributed by atoms with Gasteiger partial charge in [0.25, 0.3) is 0 Å². The van der Waals surface area contributed by atoms with Gasteiger partial charge in [0.2, 0.25) is 0 Å². The highest BCUT2D eigenvalue weighted by atomic mass is 14.4. The van der Waals surface area contributed by atoms with Crippen molar-refractivity contribution in [2.75, 3.05) is 0 Å². The van der Waals surface area contributed by atoms with Crippen LogP contribution >= 0.6 is 0 Å². The molecular formula is C48H48. The summed E-state index contributed by atoms with van der Waals surface area (Å²) < 4.78 is 0. The number of rotatable bonds is 5. The minimum atomic E-state index is -0.0884. The van der Waals surface area contributed by atoms with Crippen LogP contribution in [0.4, 0.5) is 0 Å². The van der Waals surface area contributed by atoms with Gasteiger partial charge in [-0.2, -0.15) is 0 Å². The monoisotopic (exact) mass is 624 g/mol. The standard InChI is InChI=1S/C48H48/c1-10-48(9,36-20-24-40-39-22-16-32(29(2)3)27-42(39)47(7,8)43(40)28-36)35-18-13-30(14-19-35)38-21-15-31-11-12-33-25-37(46(4,5)6)26-34-17-23-41(38)45(31)44(33)34/h11-29H,10H2,1-9H3. The molecule has 7 aromatic carbocycles. The average molecular weight is 625 g/mol. The van der Waals surface area contributed by atoms with Crippen molar-refractivity contribution in [3.63, 3.8) is 0 Å². The van der Waals surface area contributed by atoms with Gasteiger partial charge in [-0.05, 0) is 106 Å². The number of fused-ring (bicyclic) bond motifs is 3. The van der Waals surface area contributed by atoms with Crippen molar-refractivity contribution < 1.29 is 0 Å². The Morgan fingerprint density at radius 3 is 1.75 bits per heavy atom. The van der Waals surface area contributed by atoms with E-state index in [-0.39, 0.29) is 16.2 Å². The molecule has 0 nitrogen and oxygen atoms in total. The third-order valence-corrected chi connectivity index (χ3v) is 12.0. The number of hydrogen-bond acceptors (Lipinski definition) is 0. The molecule has 0 amide bonds. The molecule has 0 saturated heterocycles. The Kier molecular flexibility index (Phi) is 6.78. The van der Waals surface area contributed by atoms with Crippen LogP contribution in [0, 0.1) is 0 Å². The molecule has 48 heavy (non-hydrogen) atoms. The summed E-state index contributed by atoms with van der Waals surface area (Å²) in [7, 11) is 0. The fourth-order valence-corrected chi connectivity index (χ4v) is 8.55. The summed E-state index contributed by atoms with van der Waals surface area (Å²) in [6.07, 6.45) is 1.03. The maximum absolute atomic E-state index is 2.52. The van der Waals surface area contributed by atoms with Crippen LogP contribution in [-0.4, -0.2) is 0 Å². The van der Waals surface area contributed by atoms with E-state index in [2.05, 4.69) is 172 Å². The van der Waals surface area contributed by atoms with Crippen LogP contribution in [-0.2, 0) is 16.2 Å². The topological polar surface area (TPSA) is 0 Å². The molecule has 0 aromatic heterocycles. The smallest absolute Gasteiger partial charge is 0.0172 e. The van der Waals surface area contributed by atoms with Crippen molar-refractivity contribution in [1.82, 2.24) is 0 Å². The third kappa shape index (κ3) is 4.48. The van der Waals surface area contributed by atoms with E-state index in [1.165, 1.54) is 88.0 Å². The first-order valence-electron chi connectivity index (χ1n) is 17.9. The Hall–Kier alpha value is -4.42. The molecule has 1 aliphatic carbocycles. The van der Waals surface area contributed by atoms with Crippen molar-refractivity contribution in [3.8, 4) is 22.3 Å². The maximum atomic E-state index is 2.52. The number of hydrogen-bond donors (Lipinski definition) is 0. The predicted octanol–water partition coefficient (Wildman–Crippen LogP) is 13.7. The van der Waals surface area contributed by atoms with Crippen molar-refractivity contribution >= 4 is 32.3 Å². The zero-order valence-corrected chi connectivity index (χ0v) is 30.2. The van der Waals surface area contributed by atoms with Crippen LogP contribution < -0.4 is 0 Å². The van der Waals surface area contributed by atoms with Crippen molar-refractivity contribution in [2.24, 2.45) is 0 Å². The minimum Gasteiger partial charge on any atom is -0.0642 e. The van der Waals surface area contributed by atoms with Gasteiger partial charge in [0.15, 0.2) is 0 Å². The molecule has 0 heterocycles. The maximum Gasteiger partial charge on any atom is 0.0172 e. The third-order valence-electron chi connectivity index (χ3n) is 12.0. The zero-order chi connectivity index (χ0) is 33.7. The van der Waals surface area contributed by atoms with Gasteiger partial charge in [0, 0.05) is 10.8 Å². The zero-order valence-electron chi connectivity index (χ0n) is 30.2. The highest BCUT2D eigenvalue weighted by molar-refractivity contribution is 6.25. The molecule has 1 atom stereocenters. The molecule has 0 saturated carbocycles. The molecule has 8 rings (SSSR count). The van der Waals surface area contributed by atoms with Gasteiger partial charge in [-0.3, -0.25) is 0 Å². The molecule has 0 spiro atoms. The van der Waals surface area contributed by atoms with Gasteiger partial charge < -0.3 is 0 Å². The SMILES string of the molecule is CCC(C)(c1ccc(-c2ccc3ccc4cc(C(C)(C)C)cc5ccc2c3c45)cc1)c1ccc2c(c1)C(C)(C)c1cc(C(C)C)ccc1-2. The molecule has 0 bridgehead atoms. The van der Waals surface area contributed by atoms with Crippen LogP contribution in [0.1, 0.15) is 108 Å². The second kappa shape index (κ2) is 10.5. The summed E-state index contributed by atoms with van der Waals surface area (Å²) in [5, 5.41) is 8.09. The summed E-state index contributed by atoms with van der Waals surface area (Å²) in [6, 6.07) is 42.7. The second-order valence-electron chi connectivity index (χ2n) is 16.5. The van der Waals surface area contributed by atoms with Crippen LogP contribution in [0.3, 0.4) is 0 Å². The first kappa shape index (κ1) is 30.9. The molecule has 0 N–H and O–H groups in total. The van der Waals surface area contributed by atoms with Crippen molar-refractivity contribution in [3.05, 3.63) is 143 Å². The largest absolute Gasteiger partial charge is 0.0642 e. The van der Waals surface area contributed by atoms with Gasteiger partial charge in [-0.25, -0.2) is 0 Å². The van der Waals surface area contributed by atoms with Gasteiger partial charge >= 0.3 is 0 Å². The lowest BCUT2D eigenvalue weighted by molar-refractivity contribution is 0.547. The molecule has 0 fully saturated rings. The van der Waals surface area contributed by atoms with E-state index in [9.17, 15) is 0 Å². The van der Waals surface area contributed by atoms with Crippen LogP contribution in [0.5, 0.6) is 0 Å². The summed E-state index contributed by atoms with van der Waals surface area (Å²) in [4.78, 5) is 0. The Labute approximate surface area is 287 Å². The molecule has 240 valence electrons. The molecule has 0 heteroatoms. The van der Waals surface area contributed by atoms with E-state index >= 15 is 0 Å².